The van der Waals surface area contributed by atoms with Crippen LogP contribution in [0, 0.1) is 59.2 Å². The van der Waals surface area contributed by atoms with Crippen molar-refractivity contribution in [2.75, 3.05) is 143 Å². The fourth-order valence-corrected chi connectivity index (χ4v) is 24.4. The van der Waals surface area contributed by atoms with E-state index in [1.54, 1.807) is 35.5 Å². The molecule has 10 fully saturated rings. The van der Waals surface area contributed by atoms with Crippen molar-refractivity contribution in [1.29, 1.82) is 0 Å². The zero-order valence-corrected chi connectivity index (χ0v) is 95.6. The van der Waals surface area contributed by atoms with Crippen molar-refractivity contribution in [3.8, 4) is 0 Å². The van der Waals surface area contributed by atoms with Crippen LogP contribution in [0.25, 0.3) is 0 Å². The van der Waals surface area contributed by atoms with Gasteiger partial charge in [-0.05, 0) is 221 Å². The van der Waals surface area contributed by atoms with Gasteiger partial charge in [0.2, 0.25) is 0 Å². The molecule has 0 radical (unpaired) electrons. The van der Waals surface area contributed by atoms with Crippen molar-refractivity contribution in [3.63, 3.8) is 0 Å². The largest absolute Gasteiger partial charge is 0.481 e. The molecule has 5 saturated heterocycles. The number of methoxy groups -OCH3 is 8. The SMILES string of the molecule is COCCCCCC(=O)CC[C@H]1C(O)CC(=O)C1C/C=C\CCCC(=O)OC.COCCCCCC1(CC[C@H]2C(OP)CC(=O)C2C/C=C\CCCC(=O)OC)OCCO1.COCCCCCC1(CC[C@H]2C(OP)CC(O)C2C/C=C\CCCC(=O)O)OCCO1.COCCCCCC1(CC[C@H]2C(OP)CC(O)C2C/C=C\CCCC(=O)OC)OCCO1.COCCCCCC1(CC[C@H]2C(OP)CC3OC(O)CC32)OCCO1.[3HH].[3HH].[3HH].[3HH]. The molecule has 0 aromatic rings. The van der Waals surface area contributed by atoms with Crippen LogP contribution in [0.5, 0.6) is 0 Å². The summed E-state index contributed by atoms with van der Waals surface area (Å²) in [7, 11) is 22.3. The summed E-state index contributed by atoms with van der Waals surface area (Å²) in [5.74, 6) is -1.46. The number of hydrogen-bond acceptors (Lipinski definition) is 32. The van der Waals surface area contributed by atoms with Gasteiger partial charge in [0.05, 0.1) is 123 Å². The Kier molecular flexibility index (Phi) is 71.0. The molecule has 0 spiro atoms. The predicted molar refractivity (Wildman–Crippen MR) is 584 cm³/mol. The van der Waals surface area contributed by atoms with Gasteiger partial charge in [0.25, 0.3) is 0 Å². The van der Waals surface area contributed by atoms with Gasteiger partial charge in [0, 0.05) is 252 Å². The first-order valence-corrected chi connectivity index (χ1v) is 57.6. The van der Waals surface area contributed by atoms with Crippen LogP contribution in [-0.4, -0.2) is 288 Å². The molecule has 33 nitrogen and oxygen atoms in total. The minimum atomic E-state index is -0.760. The Morgan fingerprint density at radius 3 is 1.00 bits per heavy atom. The lowest BCUT2D eigenvalue weighted by molar-refractivity contribution is -0.172. The zero-order chi connectivity index (χ0) is 107. The summed E-state index contributed by atoms with van der Waals surface area (Å²) in [6.45, 7) is 9.08. The van der Waals surface area contributed by atoms with Gasteiger partial charge >= 0.3 is 23.9 Å². The van der Waals surface area contributed by atoms with Crippen LogP contribution in [0.4, 0.5) is 0 Å². The summed E-state index contributed by atoms with van der Waals surface area (Å²) in [5, 5.41) is 50.1. The summed E-state index contributed by atoms with van der Waals surface area (Å²) >= 11 is 0. The molecule has 5 saturated carbocycles. The quantitative estimate of drug-likeness (QED) is 0.0124. The summed E-state index contributed by atoms with van der Waals surface area (Å²) in [6.07, 6.45) is 56.2. The highest BCUT2D eigenvalue weighted by Gasteiger charge is 2.53. The molecule has 0 aromatic heterocycles. The number of Topliss-reactive ketones (excluding diaryl/α,β-unsaturated/α-hetero) is 3. The number of carbonyl (C=O) groups is 7. The number of carbonyl (C=O) groups excluding carboxylic acids is 6. The molecule has 0 aromatic carbocycles. The van der Waals surface area contributed by atoms with Crippen LogP contribution in [0.15, 0.2) is 48.6 Å². The van der Waals surface area contributed by atoms with Crippen LogP contribution in [0.1, 0.15) is 340 Å². The number of rotatable bonds is 73. The van der Waals surface area contributed by atoms with Crippen molar-refractivity contribution >= 4 is 79.1 Å². The van der Waals surface area contributed by atoms with Gasteiger partial charge in [0.15, 0.2) is 29.4 Å². The van der Waals surface area contributed by atoms with Crippen molar-refractivity contribution < 1.29 is 163 Å². The summed E-state index contributed by atoms with van der Waals surface area (Å²) in [4.78, 5) is 81.1. The number of fused-ring (bicyclic) bond motifs is 1. The van der Waals surface area contributed by atoms with Crippen LogP contribution in [0.3, 0.4) is 0 Å². The minimum Gasteiger partial charge on any atom is -0.481 e. The average molecular weight is 2200 g/mol. The van der Waals surface area contributed by atoms with E-state index >= 15 is 0 Å². The van der Waals surface area contributed by atoms with E-state index in [0.29, 0.717) is 155 Å². The zero-order valence-electron chi connectivity index (χ0n) is 91.0. The Labute approximate surface area is 900 Å². The number of aliphatic hydroxyl groups excluding tert-OH is 4. The lowest BCUT2D eigenvalue weighted by Crippen LogP contribution is -2.33. The molecule has 10 aliphatic rings. The molecule has 148 heavy (non-hydrogen) atoms. The van der Waals surface area contributed by atoms with Gasteiger partial charge in [0.1, 0.15) is 17.3 Å². The second kappa shape index (κ2) is 78.8. The topological polar surface area (TPSA) is 414 Å². The Morgan fingerprint density at radius 2 is 0.649 bits per heavy atom. The van der Waals surface area contributed by atoms with Crippen LogP contribution >= 0.6 is 37.9 Å². The second-order valence-corrected chi connectivity index (χ2v) is 42.6. The molecule has 18 unspecified atom stereocenters. The fourth-order valence-electron chi connectivity index (χ4n) is 23.2. The number of carboxylic acid groups (broad SMARTS) is 1. The standard InChI is InChI=1S/C24H43O7P.C24H41O7P.C23H41O7P.C22H36O6.C18H33O6P.4H2/c2*1-27-15-9-5-8-13-24(29-16-17-30-24)14-12-20-19(21(25)18-22(20)31-32)10-6-3-4-7-11-23(26)28-2;1-27-14-8-4-7-12-23(28-15-16-29-23)13-11-19-18(20(24)17-21(19)30-31)9-5-2-3-6-10-22(25)26;1-27-15-9-5-6-10-17(23)13-14-19-18(20(24)16-21(19)25)11-7-3-4-8-12-22(26)28-2;1-20-8-4-2-3-6-18(21-9-10-22-18)7-5-13-14-11-17(19)23-15(14)12-16(13)24-25;;;;/h3,6,19-22,25H,4-5,7-18,32H2,1-2H3;3,6,19-20,22H,4-5,7-18,32H2,1-2H3;2,5,18-21,24H,3-4,6-17,31H2,1H3,(H,25,26);3,7,18-19,21,25H,4-6,8-16H2,1-2H3;13-17,19H,2-12,25H2,1H3;4*1H/b2*6-3-;5-2-;7-3-;;;;;/t19?,20-,21?,22?;19?,20-,22?;18?,19-,20?,21?;18?,19-,21?;13-,14?,15?,16?,17?;;;;/m11111..../s1/i;;;;;4*1+2. The van der Waals surface area contributed by atoms with Gasteiger partial charge < -0.3 is 124 Å². The number of unbranched alkanes of at least 4 members (excludes halogenated alkanes) is 14. The first-order chi connectivity index (χ1) is 71.8. The minimum absolute atomic E-state index is 0. The molecule has 37 heteroatoms. The highest BCUT2D eigenvalue weighted by atomic mass is 31.0. The number of allylic oxidation sites excluding steroid dienone is 8. The fraction of sp³-hybridized carbons (Fsp3) is 0.865. The maximum Gasteiger partial charge on any atom is 0.305 e. The number of carboxylic acids is 1. The second-order valence-electron chi connectivity index (χ2n) is 41.5. The third kappa shape index (κ3) is 50.3. The van der Waals surface area contributed by atoms with E-state index in [-0.39, 0.29) is 138 Å². The number of ether oxygens (including phenoxy) is 17. The van der Waals surface area contributed by atoms with Crippen LogP contribution < -0.4 is 0 Å². The van der Waals surface area contributed by atoms with E-state index in [0.717, 1.165) is 264 Å². The molecule has 5 N–H and O–H groups in total. The molecule has 10 rings (SSSR count). The highest BCUT2D eigenvalue weighted by molar-refractivity contribution is 7.10. The van der Waals surface area contributed by atoms with Gasteiger partial charge in [-0.25, -0.2) is 0 Å². The molecular weight excluding hydrogens is 1990 g/mol. The monoisotopic (exact) mass is 2200 g/mol. The van der Waals surface area contributed by atoms with E-state index in [1.165, 1.54) is 21.3 Å². The molecule has 5 heterocycles. The summed E-state index contributed by atoms with van der Waals surface area (Å²) in [5.41, 5.74) is 0. The van der Waals surface area contributed by atoms with Crippen LogP contribution in [-0.2, 0) is 132 Å². The average Bonchev–Trinajstić information content (AvgIpc) is 1.64. The number of aliphatic hydroxyl groups is 4. The van der Waals surface area contributed by atoms with Crippen LogP contribution in [0.2, 0.25) is 0 Å². The van der Waals surface area contributed by atoms with E-state index in [9.17, 15) is 54.0 Å². The maximum atomic E-state index is 12.7. The summed E-state index contributed by atoms with van der Waals surface area (Å²) in [6, 6.07) is 0. The first kappa shape index (κ1) is 133. The number of hydrogen-bond donors (Lipinski definition) is 5. The Morgan fingerprint density at radius 1 is 0.324 bits per heavy atom. The van der Waals surface area contributed by atoms with Gasteiger partial charge in [-0.2, -0.15) is 0 Å². The van der Waals surface area contributed by atoms with E-state index in [2.05, 4.69) is 82.5 Å². The van der Waals surface area contributed by atoms with E-state index < -0.39 is 47.6 Å². The van der Waals surface area contributed by atoms with Gasteiger partial charge in [-0.15, -0.1) is 0 Å². The van der Waals surface area contributed by atoms with Crippen molar-refractivity contribution in [2.24, 2.45) is 59.2 Å². The smallest absolute Gasteiger partial charge is 0.305 e. The number of aliphatic carboxylic acids is 1. The van der Waals surface area contributed by atoms with E-state index in [4.69, 9.17) is 89.5 Å². The summed E-state index contributed by atoms with van der Waals surface area (Å²) < 4.78 is 116. The highest BCUT2D eigenvalue weighted by Crippen LogP contribution is 2.51. The van der Waals surface area contributed by atoms with Gasteiger partial charge in [-0.1, -0.05) is 80.7 Å². The lowest BCUT2D eigenvalue weighted by Gasteiger charge is -2.31. The van der Waals surface area contributed by atoms with Crippen molar-refractivity contribution in [1.82, 2.24) is 0 Å². The third-order valence-electron chi connectivity index (χ3n) is 31.4. The van der Waals surface area contributed by atoms with E-state index in [1.807, 2.05) is 18.2 Å². The molecule has 864 valence electrons. The number of esters is 3. The predicted octanol–water partition coefficient (Wildman–Crippen LogP) is 19.7. The number of ketones is 3. The molecule has 0 bridgehead atoms. The molecule has 5 aliphatic carbocycles. The van der Waals surface area contributed by atoms with Gasteiger partial charge in [-0.3, -0.25) is 33.6 Å². The molecule has 5 aliphatic heterocycles. The maximum absolute atomic E-state index is 12.7. The van der Waals surface area contributed by atoms with Crippen molar-refractivity contribution in [3.05, 3.63) is 48.6 Å². The lowest BCUT2D eigenvalue weighted by atomic mass is 9.85. The molecular formula is C111H202O33P4. The Bertz CT molecular complexity index is 3680. The molecule has 23 atom stereocenters. The Balaban J connectivity index is 0.000000639. The first-order valence-electron chi connectivity index (χ1n) is 55.7. The third-order valence-corrected chi connectivity index (χ3v) is 32.8. The Hall–Kier alpha value is -3.31. The molecule has 0 amide bonds. The normalized spacial score (nSPS) is 27.6. The van der Waals surface area contributed by atoms with Crippen molar-refractivity contribution in [2.45, 2.75) is 412 Å².